The lowest BCUT2D eigenvalue weighted by molar-refractivity contribution is 0.0526. The van der Waals surface area contributed by atoms with Gasteiger partial charge in [0.15, 0.2) is 0 Å². The van der Waals surface area contributed by atoms with Crippen LogP contribution >= 0.6 is 0 Å². The maximum Gasteiger partial charge on any atom is 0.338 e. The zero-order valence-electron chi connectivity index (χ0n) is 17.2. The zero-order chi connectivity index (χ0) is 19.7. The van der Waals surface area contributed by atoms with E-state index in [1.807, 2.05) is 25.1 Å². The van der Waals surface area contributed by atoms with E-state index in [9.17, 15) is 4.79 Å². The fraction of sp³-hybridized carbons (Fsp3) is 0.458. The average Bonchev–Trinajstić information content (AvgIpc) is 2.64. The van der Waals surface area contributed by atoms with Crippen molar-refractivity contribution in [2.45, 2.75) is 64.8 Å². The first-order chi connectivity index (χ1) is 12.7. The SMILES string of the molecule is CCOC(=O)c1cccc(NCc2ccc3c(c2)C(C)(C)CCC3(C)C)c1. The van der Waals surface area contributed by atoms with Crippen LogP contribution in [0.15, 0.2) is 42.5 Å². The van der Waals surface area contributed by atoms with E-state index in [0.717, 1.165) is 12.2 Å². The molecule has 0 bridgehead atoms. The number of anilines is 1. The van der Waals surface area contributed by atoms with Crippen LogP contribution in [0.3, 0.4) is 0 Å². The predicted molar refractivity (Wildman–Crippen MR) is 111 cm³/mol. The molecule has 1 N–H and O–H groups in total. The van der Waals surface area contributed by atoms with Gasteiger partial charge in [-0.25, -0.2) is 4.79 Å². The smallest absolute Gasteiger partial charge is 0.338 e. The fourth-order valence-electron chi connectivity index (χ4n) is 3.92. The van der Waals surface area contributed by atoms with Crippen molar-refractivity contribution in [2.24, 2.45) is 0 Å². The van der Waals surface area contributed by atoms with Gasteiger partial charge in [0.2, 0.25) is 0 Å². The molecular weight excluding hydrogens is 334 g/mol. The molecule has 0 radical (unpaired) electrons. The lowest BCUT2D eigenvalue weighted by atomic mass is 9.63. The lowest BCUT2D eigenvalue weighted by Crippen LogP contribution is -2.33. The summed E-state index contributed by atoms with van der Waals surface area (Å²) in [5.41, 5.74) is 6.18. The summed E-state index contributed by atoms with van der Waals surface area (Å²) in [4.78, 5) is 11.9. The Kier molecular flexibility index (Phi) is 5.32. The quantitative estimate of drug-likeness (QED) is 0.678. The van der Waals surface area contributed by atoms with Crippen molar-refractivity contribution in [3.05, 3.63) is 64.7 Å². The number of hydrogen-bond acceptors (Lipinski definition) is 3. The molecule has 0 amide bonds. The maximum absolute atomic E-state index is 11.9. The van der Waals surface area contributed by atoms with Gasteiger partial charge in [0.25, 0.3) is 0 Å². The van der Waals surface area contributed by atoms with E-state index in [-0.39, 0.29) is 16.8 Å². The minimum atomic E-state index is -0.279. The number of esters is 1. The molecule has 0 heterocycles. The molecule has 3 rings (SSSR count). The number of carbonyl (C=O) groups excluding carboxylic acids is 1. The molecule has 0 spiro atoms. The van der Waals surface area contributed by atoms with Crippen LogP contribution < -0.4 is 5.32 Å². The fourth-order valence-corrected chi connectivity index (χ4v) is 3.92. The molecule has 0 aliphatic heterocycles. The molecule has 2 aromatic rings. The van der Waals surface area contributed by atoms with Gasteiger partial charge in [-0.2, -0.15) is 0 Å². The highest BCUT2D eigenvalue weighted by Crippen LogP contribution is 2.45. The Morgan fingerprint density at radius 3 is 2.41 bits per heavy atom. The summed E-state index contributed by atoms with van der Waals surface area (Å²) < 4.78 is 5.08. The summed E-state index contributed by atoms with van der Waals surface area (Å²) in [7, 11) is 0. The van der Waals surface area contributed by atoms with Gasteiger partial charge in [-0.15, -0.1) is 0 Å². The van der Waals surface area contributed by atoms with Gasteiger partial charge in [0.05, 0.1) is 12.2 Å². The first kappa shape index (κ1) is 19.5. The van der Waals surface area contributed by atoms with Crippen LogP contribution in [0, 0.1) is 0 Å². The third kappa shape index (κ3) is 4.18. The van der Waals surface area contributed by atoms with Crippen LogP contribution in [0.4, 0.5) is 5.69 Å². The summed E-state index contributed by atoms with van der Waals surface area (Å²) in [5.74, 6) is -0.279. The van der Waals surface area contributed by atoms with Gasteiger partial charge in [0, 0.05) is 12.2 Å². The summed E-state index contributed by atoms with van der Waals surface area (Å²) >= 11 is 0. The van der Waals surface area contributed by atoms with Crippen LogP contribution in [0.2, 0.25) is 0 Å². The number of rotatable bonds is 5. The highest BCUT2D eigenvalue weighted by molar-refractivity contribution is 5.90. The molecule has 1 aliphatic carbocycles. The Balaban J connectivity index is 1.78. The monoisotopic (exact) mass is 365 g/mol. The molecule has 0 atom stereocenters. The summed E-state index contributed by atoms with van der Waals surface area (Å²) in [5, 5.41) is 3.45. The van der Waals surface area contributed by atoms with E-state index >= 15 is 0 Å². The van der Waals surface area contributed by atoms with Crippen molar-refractivity contribution in [3.8, 4) is 0 Å². The third-order valence-electron chi connectivity index (χ3n) is 5.79. The molecule has 0 fully saturated rings. The molecule has 3 heteroatoms. The van der Waals surface area contributed by atoms with Crippen LogP contribution in [-0.4, -0.2) is 12.6 Å². The first-order valence-corrected chi connectivity index (χ1v) is 9.88. The van der Waals surface area contributed by atoms with Gasteiger partial charge in [-0.05, 0) is 65.5 Å². The van der Waals surface area contributed by atoms with Gasteiger partial charge < -0.3 is 10.1 Å². The zero-order valence-corrected chi connectivity index (χ0v) is 17.2. The van der Waals surface area contributed by atoms with Gasteiger partial charge >= 0.3 is 5.97 Å². The molecule has 0 saturated heterocycles. The molecule has 144 valence electrons. The van der Waals surface area contributed by atoms with Crippen molar-refractivity contribution in [1.82, 2.24) is 0 Å². The summed E-state index contributed by atoms with van der Waals surface area (Å²) in [6, 6.07) is 14.4. The molecular formula is C24H31NO2. The van der Waals surface area contributed by atoms with Crippen LogP contribution in [0.1, 0.15) is 74.5 Å². The molecule has 3 nitrogen and oxygen atoms in total. The molecule has 1 aliphatic rings. The van der Waals surface area contributed by atoms with Crippen LogP contribution in [0.25, 0.3) is 0 Å². The van der Waals surface area contributed by atoms with E-state index in [1.54, 1.807) is 6.07 Å². The maximum atomic E-state index is 11.9. The normalized spacial score (nSPS) is 17.1. The molecule has 0 aromatic heterocycles. The minimum absolute atomic E-state index is 0.213. The van der Waals surface area contributed by atoms with Crippen molar-refractivity contribution >= 4 is 11.7 Å². The Morgan fingerprint density at radius 1 is 1.00 bits per heavy atom. The van der Waals surface area contributed by atoms with Crippen molar-refractivity contribution in [3.63, 3.8) is 0 Å². The Hall–Kier alpha value is -2.29. The third-order valence-corrected chi connectivity index (χ3v) is 5.79. The second-order valence-corrected chi connectivity index (χ2v) is 8.80. The van der Waals surface area contributed by atoms with Crippen LogP contribution in [-0.2, 0) is 22.1 Å². The first-order valence-electron chi connectivity index (χ1n) is 9.88. The molecule has 27 heavy (non-hydrogen) atoms. The Morgan fingerprint density at radius 2 is 1.70 bits per heavy atom. The van der Waals surface area contributed by atoms with E-state index in [2.05, 4.69) is 51.2 Å². The van der Waals surface area contributed by atoms with Crippen molar-refractivity contribution < 1.29 is 9.53 Å². The number of benzene rings is 2. The number of fused-ring (bicyclic) bond motifs is 1. The second kappa shape index (κ2) is 7.38. The predicted octanol–water partition coefficient (Wildman–Crippen LogP) is 5.82. The number of ether oxygens (including phenoxy) is 1. The minimum Gasteiger partial charge on any atom is -0.462 e. The average molecular weight is 366 g/mol. The van der Waals surface area contributed by atoms with E-state index in [4.69, 9.17) is 4.74 Å². The van der Waals surface area contributed by atoms with Crippen molar-refractivity contribution in [2.75, 3.05) is 11.9 Å². The van der Waals surface area contributed by atoms with Gasteiger partial charge in [-0.3, -0.25) is 0 Å². The number of carbonyl (C=O) groups is 1. The largest absolute Gasteiger partial charge is 0.462 e. The number of hydrogen-bond donors (Lipinski definition) is 1. The van der Waals surface area contributed by atoms with Gasteiger partial charge in [0.1, 0.15) is 0 Å². The highest BCUT2D eigenvalue weighted by Gasteiger charge is 2.36. The molecule has 0 saturated carbocycles. The van der Waals surface area contributed by atoms with E-state index in [0.29, 0.717) is 12.2 Å². The lowest BCUT2D eigenvalue weighted by Gasteiger charge is -2.42. The highest BCUT2D eigenvalue weighted by atomic mass is 16.5. The standard InChI is InChI=1S/C24H31NO2/c1-6-27-22(26)18-8-7-9-19(15-18)25-16-17-10-11-20-21(14-17)24(4,5)13-12-23(20,2)3/h7-11,14-15,25H,6,12-13,16H2,1-5H3. The van der Waals surface area contributed by atoms with Gasteiger partial charge in [-0.1, -0.05) is 52.0 Å². The van der Waals surface area contributed by atoms with E-state index < -0.39 is 0 Å². The second-order valence-electron chi connectivity index (χ2n) is 8.80. The molecule has 0 unspecified atom stereocenters. The van der Waals surface area contributed by atoms with Crippen LogP contribution in [0.5, 0.6) is 0 Å². The molecule has 2 aromatic carbocycles. The Bertz CT molecular complexity index is 836. The number of nitrogens with one attached hydrogen (secondary N) is 1. The summed E-state index contributed by atoms with van der Waals surface area (Å²) in [6.07, 6.45) is 2.44. The van der Waals surface area contributed by atoms with E-state index in [1.165, 1.54) is 29.5 Å². The Labute approximate surface area is 163 Å². The summed E-state index contributed by atoms with van der Waals surface area (Å²) in [6.45, 7) is 12.3. The van der Waals surface area contributed by atoms with Crippen molar-refractivity contribution in [1.29, 1.82) is 0 Å². The topological polar surface area (TPSA) is 38.3 Å².